The van der Waals surface area contributed by atoms with Crippen LogP contribution in [0.25, 0.3) is 0 Å². The molecule has 1 aliphatic heterocycles. The molecule has 1 aliphatic rings. The van der Waals surface area contributed by atoms with E-state index in [4.69, 9.17) is 10.2 Å². The quantitative estimate of drug-likeness (QED) is 0.480. The van der Waals surface area contributed by atoms with E-state index < -0.39 is 18.0 Å². The monoisotopic (exact) mass is 259 g/mol. The molecule has 0 bridgehead atoms. The number of carboxylic acids is 1. The number of hydrogen-bond donors (Lipinski definition) is 4. The van der Waals surface area contributed by atoms with Crippen LogP contribution in [0.15, 0.2) is 0 Å². The molecule has 0 spiro atoms. The second kappa shape index (κ2) is 7.88. The first-order chi connectivity index (χ1) is 8.63. The Bertz CT molecular complexity index is 279. The molecule has 2 amide bonds. The number of carbonyl (C=O) groups excluding carboxylic acids is 1. The van der Waals surface area contributed by atoms with Gasteiger partial charge in [-0.15, -0.1) is 0 Å². The van der Waals surface area contributed by atoms with Crippen LogP contribution in [0.1, 0.15) is 19.3 Å². The summed E-state index contributed by atoms with van der Waals surface area (Å²) in [6.07, 6.45) is 2.41. The van der Waals surface area contributed by atoms with E-state index in [0.29, 0.717) is 6.54 Å². The van der Waals surface area contributed by atoms with Crippen LogP contribution >= 0.6 is 0 Å². The third kappa shape index (κ3) is 5.33. The highest BCUT2D eigenvalue weighted by molar-refractivity contribution is 5.82. The summed E-state index contributed by atoms with van der Waals surface area (Å²) in [4.78, 5) is 24.4. The van der Waals surface area contributed by atoms with Gasteiger partial charge < -0.3 is 25.7 Å². The Hall–Kier alpha value is -1.34. The van der Waals surface area contributed by atoms with E-state index in [1.807, 2.05) is 0 Å². The molecule has 0 aromatic heterocycles. The van der Waals surface area contributed by atoms with Crippen LogP contribution < -0.4 is 10.6 Å². The summed E-state index contributed by atoms with van der Waals surface area (Å²) in [5.74, 6) is -1.14. The molecule has 0 aromatic carbocycles. The van der Waals surface area contributed by atoms with E-state index in [2.05, 4.69) is 15.5 Å². The van der Waals surface area contributed by atoms with Gasteiger partial charge in [-0.1, -0.05) is 0 Å². The summed E-state index contributed by atoms with van der Waals surface area (Å²) in [5.41, 5.74) is 0. The zero-order chi connectivity index (χ0) is 13.4. The second-order valence-corrected chi connectivity index (χ2v) is 4.35. The molecule has 1 fully saturated rings. The SMILES string of the molecule is O=C(NCCN1CCCC1)NC(CCO)C(=O)O. The van der Waals surface area contributed by atoms with E-state index in [1.165, 1.54) is 12.8 Å². The standard InChI is InChI=1S/C11H21N3O4/c15-8-3-9(10(16)17)13-11(18)12-4-7-14-5-1-2-6-14/h9,15H,1-8H2,(H,16,17)(H2,12,13,18). The lowest BCUT2D eigenvalue weighted by molar-refractivity contribution is -0.139. The minimum atomic E-state index is -1.14. The minimum absolute atomic E-state index is 0.00881. The molecule has 4 N–H and O–H groups in total. The van der Waals surface area contributed by atoms with Crippen LogP contribution in [0.3, 0.4) is 0 Å². The molecule has 1 saturated heterocycles. The molecule has 1 heterocycles. The Morgan fingerprint density at radius 2 is 1.94 bits per heavy atom. The Kier molecular flexibility index (Phi) is 6.45. The number of aliphatic hydroxyl groups excluding tert-OH is 1. The zero-order valence-electron chi connectivity index (χ0n) is 10.4. The largest absolute Gasteiger partial charge is 0.480 e. The number of likely N-dealkylation sites (tertiary alicyclic amines) is 1. The third-order valence-electron chi connectivity index (χ3n) is 2.93. The molecule has 0 aliphatic carbocycles. The van der Waals surface area contributed by atoms with Crippen molar-refractivity contribution in [2.75, 3.05) is 32.8 Å². The lowest BCUT2D eigenvalue weighted by Crippen LogP contribution is -2.47. The number of nitrogens with zero attached hydrogens (tertiary/aromatic N) is 1. The highest BCUT2D eigenvalue weighted by atomic mass is 16.4. The topological polar surface area (TPSA) is 102 Å². The van der Waals surface area contributed by atoms with Crippen molar-refractivity contribution in [3.05, 3.63) is 0 Å². The van der Waals surface area contributed by atoms with Crippen molar-refractivity contribution in [3.63, 3.8) is 0 Å². The Morgan fingerprint density at radius 1 is 1.28 bits per heavy atom. The predicted molar refractivity (Wildman–Crippen MR) is 65.3 cm³/mol. The van der Waals surface area contributed by atoms with Crippen molar-refractivity contribution in [1.29, 1.82) is 0 Å². The van der Waals surface area contributed by atoms with Gasteiger partial charge >= 0.3 is 12.0 Å². The molecule has 104 valence electrons. The number of nitrogens with one attached hydrogen (secondary N) is 2. The van der Waals surface area contributed by atoms with Crippen LogP contribution in [0.2, 0.25) is 0 Å². The van der Waals surface area contributed by atoms with E-state index >= 15 is 0 Å². The lowest BCUT2D eigenvalue weighted by atomic mass is 10.2. The number of urea groups is 1. The maximum absolute atomic E-state index is 11.4. The van der Waals surface area contributed by atoms with Gasteiger partial charge in [-0.3, -0.25) is 0 Å². The Labute approximate surface area is 106 Å². The molecule has 1 rings (SSSR count). The molecule has 7 heteroatoms. The molecule has 0 radical (unpaired) electrons. The number of rotatable bonds is 7. The molecule has 0 aromatic rings. The summed E-state index contributed by atoms with van der Waals surface area (Å²) in [6.45, 7) is 3.13. The van der Waals surface area contributed by atoms with E-state index in [9.17, 15) is 9.59 Å². The van der Waals surface area contributed by atoms with Crippen molar-refractivity contribution in [1.82, 2.24) is 15.5 Å². The van der Waals surface area contributed by atoms with Crippen LogP contribution in [0, 0.1) is 0 Å². The number of aliphatic carboxylic acids is 1. The van der Waals surface area contributed by atoms with Gasteiger partial charge in [-0.05, 0) is 25.9 Å². The van der Waals surface area contributed by atoms with Gasteiger partial charge in [0.05, 0.1) is 0 Å². The molecular weight excluding hydrogens is 238 g/mol. The first-order valence-corrected chi connectivity index (χ1v) is 6.24. The summed E-state index contributed by atoms with van der Waals surface area (Å²) in [6, 6.07) is -1.54. The molecule has 18 heavy (non-hydrogen) atoms. The van der Waals surface area contributed by atoms with Crippen molar-refractivity contribution >= 4 is 12.0 Å². The fourth-order valence-electron chi connectivity index (χ4n) is 1.93. The molecule has 1 unspecified atom stereocenters. The molecular formula is C11H21N3O4. The fourth-order valence-corrected chi connectivity index (χ4v) is 1.93. The molecule has 7 nitrogen and oxygen atoms in total. The van der Waals surface area contributed by atoms with Crippen LogP contribution in [0.4, 0.5) is 4.79 Å². The van der Waals surface area contributed by atoms with E-state index in [1.54, 1.807) is 0 Å². The second-order valence-electron chi connectivity index (χ2n) is 4.35. The van der Waals surface area contributed by atoms with Crippen LogP contribution in [0.5, 0.6) is 0 Å². The van der Waals surface area contributed by atoms with Gasteiger partial charge in [-0.25, -0.2) is 9.59 Å². The predicted octanol–water partition coefficient (Wildman–Crippen LogP) is -0.783. The summed E-state index contributed by atoms with van der Waals surface area (Å²) in [7, 11) is 0. The average Bonchev–Trinajstić information content (AvgIpc) is 2.81. The van der Waals surface area contributed by atoms with E-state index in [0.717, 1.165) is 19.6 Å². The van der Waals surface area contributed by atoms with Gasteiger partial charge in [0.2, 0.25) is 0 Å². The average molecular weight is 259 g/mol. The van der Waals surface area contributed by atoms with Crippen molar-refractivity contribution in [3.8, 4) is 0 Å². The normalized spacial score (nSPS) is 17.4. The van der Waals surface area contributed by atoms with E-state index in [-0.39, 0.29) is 13.0 Å². The highest BCUT2D eigenvalue weighted by Crippen LogP contribution is 2.05. The first kappa shape index (κ1) is 14.7. The number of aliphatic hydroxyl groups is 1. The van der Waals surface area contributed by atoms with Crippen molar-refractivity contribution in [2.45, 2.75) is 25.3 Å². The van der Waals surface area contributed by atoms with Crippen LogP contribution in [-0.2, 0) is 4.79 Å². The first-order valence-electron chi connectivity index (χ1n) is 6.24. The van der Waals surface area contributed by atoms with Gasteiger partial charge in [0.25, 0.3) is 0 Å². The molecule has 1 atom stereocenters. The van der Waals surface area contributed by atoms with Crippen molar-refractivity contribution in [2.24, 2.45) is 0 Å². The Morgan fingerprint density at radius 3 is 2.50 bits per heavy atom. The zero-order valence-corrected chi connectivity index (χ0v) is 10.4. The summed E-state index contributed by atoms with van der Waals surface area (Å²) >= 11 is 0. The third-order valence-corrected chi connectivity index (χ3v) is 2.93. The highest BCUT2D eigenvalue weighted by Gasteiger charge is 2.19. The van der Waals surface area contributed by atoms with Gasteiger partial charge in [-0.2, -0.15) is 0 Å². The van der Waals surface area contributed by atoms with Gasteiger partial charge in [0.1, 0.15) is 6.04 Å². The summed E-state index contributed by atoms with van der Waals surface area (Å²) < 4.78 is 0. The number of amides is 2. The lowest BCUT2D eigenvalue weighted by Gasteiger charge is -2.17. The van der Waals surface area contributed by atoms with Crippen LogP contribution in [-0.4, -0.2) is 65.9 Å². The smallest absolute Gasteiger partial charge is 0.326 e. The minimum Gasteiger partial charge on any atom is -0.480 e. The Balaban J connectivity index is 2.16. The maximum atomic E-state index is 11.4. The number of carboxylic acid groups (broad SMARTS) is 1. The van der Waals surface area contributed by atoms with Gasteiger partial charge in [0.15, 0.2) is 0 Å². The van der Waals surface area contributed by atoms with Crippen molar-refractivity contribution < 1.29 is 19.8 Å². The summed E-state index contributed by atoms with van der Waals surface area (Å²) in [5, 5.41) is 22.4. The fraction of sp³-hybridized carbons (Fsp3) is 0.818. The van der Waals surface area contributed by atoms with Gasteiger partial charge in [0, 0.05) is 26.1 Å². The number of carbonyl (C=O) groups is 2. The number of hydrogen-bond acceptors (Lipinski definition) is 4. The molecule has 0 saturated carbocycles. The maximum Gasteiger partial charge on any atom is 0.326 e.